The molecule has 0 radical (unpaired) electrons. The lowest BCUT2D eigenvalue weighted by atomic mass is 10.1. The molecule has 0 spiro atoms. The Hall–Kier alpha value is 0.320. The quantitative estimate of drug-likeness (QED) is 0.845. The first-order valence-corrected chi connectivity index (χ1v) is 7.73. The minimum Gasteiger partial charge on any atom is -0.323 e. The average Bonchev–Trinajstić information content (AvgIpc) is 2.76. The summed E-state index contributed by atoms with van der Waals surface area (Å²) in [6.45, 7) is 0. The standard InChI is InChI=1S/C10H9Br2NS2/c11-6-1-3-14-9(6)5-8(13)10-7(12)2-4-15-10/h1-4,8H,5,13H2. The van der Waals surface area contributed by atoms with Crippen molar-refractivity contribution >= 4 is 54.5 Å². The van der Waals surface area contributed by atoms with Crippen molar-refractivity contribution in [2.24, 2.45) is 5.73 Å². The summed E-state index contributed by atoms with van der Waals surface area (Å²) in [7, 11) is 0. The van der Waals surface area contributed by atoms with E-state index in [-0.39, 0.29) is 6.04 Å². The first-order chi connectivity index (χ1) is 7.18. The molecular weight excluding hydrogens is 358 g/mol. The Balaban J connectivity index is 2.14. The van der Waals surface area contributed by atoms with Gasteiger partial charge in [-0.2, -0.15) is 0 Å². The first kappa shape index (κ1) is 11.8. The molecule has 80 valence electrons. The molecular formula is C10H9Br2NS2. The zero-order chi connectivity index (χ0) is 10.8. The second-order valence-electron chi connectivity index (χ2n) is 3.14. The van der Waals surface area contributed by atoms with E-state index in [1.165, 1.54) is 9.75 Å². The third-order valence-corrected chi connectivity index (χ3v) is 6.03. The van der Waals surface area contributed by atoms with Crippen LogP contribution in [-0.2, 0) is 6.42 Å². The van der Waals surface area contributed by atoms with Crippen LogP contribution in [0.25, 0.3) is 0 Å². The highest BCUT2D eigenvalue weighted by molar-refractivity contribution is 9.10. The smallest absolute Gasteiger partial charge is 0.0450 e. The molecule has 1 atom stereocenters. The van der Waals surface area contributed by atoms with Crippen LogP contribution in [0.1, 0.15) is 15.8 Å². The third-order valence-electron chi connectivity index (χ3n) is 2.08. The molecule has 1 nitrogen and oxygen atoms in total. The van der Waals surface area contributed by atoms with Gasteiger partial charge in [-0.05, 0) is 54.8 Å². The molecule has 15 heavy (non-hydrogen) atoms. The van der Waals surface area contributed by atoms with Gasteiger partial charge in [0, 0.05) is 31.2 Å². The van der Waals surface area contributed by atoms with E-state index in [1.54, 1.807) is 22.7 Å². The highest BCUT2D eigenvalue weighted by Gasteiger charge is 2.14. The van der Waals surface area contributed by atoms with Crippen molar-refractivity contribution in [3.05, 3.63) is 41.6 Å². The third kappa shape index (κ3) is 2.71. The number of hydrogen-bond donors (Lipinski definition) is 1. The molecule has 1 unspecified atom stereocenters. The molecule has 0 aromatic carbocycles. The van der Waals surface area contributed by atoms with Crippen LogP contribution in [0, 0.1) is 0 Å². The molecule has 2 rings (SSSR count). The molecule has 5 heteroatoms. The summed E-state index contributed by atoms with van der Waals surface area (Å²) in [6.07, 6.45) is 0.886. The number of thiophene rings is 2. The number of rotatable bonds is 3. The maximum absolute atomic E-state index is 6.17. The Morgan fingerprint density at radius 1 is 1.13 bits per heavy atom. The van der Waals surface area contributed by atoms with Gasteiger partial charge in [0.25, 0.3) is 0 Å². The van der Waals surface area contributed by atoms with Crippen molar-refractivity contribution in [3.8, 4) is 0 Å². The summed E-state index contributed by atoms with van der Waals surface area (Å²) >= 11 is 10.5. The van der Waals surface area contributed by atoms with Gasteiger partial charge in [0.1, 0.15) is 0 Å². The van der Waals surface area contributed by atoms with Crippen LogP contribution in [0.15, 0.2) is 31.8 Å². The van der Waals surface area contributed by atoms with Gasteiger partial charge in [-0.25, -0.2) is 0 Å². The highest BCUT2D eigenvalue weighted by Crippen LogP contribution is 2.32. The van der Waals surface area contributed by atoms with Gasteiger partial charge in [0.05, 0.1) is 0 Å². The van der Waals surface area contributed by atoms with Gasteiger partial charge in [-0.15, -0.1) is 22.7 Å². The first-order valence-electron chi connectivity index (χ1n) is 4.39. The maximum atomic E-state index is 6.17. The lowest BCUT2D eigenvalue weighted by molar-refractivity contribution is 0.740. The molecule has 0 fully saturated rings. The Kier molecular flexibility index (Phi) is 4.01. The topological polar surface area (TPSA) is 26.0 Å². The largest absolute Gasteiger partial charge is 0.323 e. The van der Waals surface area contributed by atoms with Gasteiger partial charge in [0.2, 0.25) is 0 Å². The van der Waals surface area contributed by atoms with Crippen molar-refractivity contribution in [2.45, 2.75) is 12.5 Å². The predicted octanol–water partition coefficient (Wildman–Crippen LogP) is 4.58. The van der Waals surface area contributed by atoms with E-state index in [0.29, 0.717) is 0 Å². The van der Waals surface area contributed by atoms with Crippen molar-refractivity contribution < 1.29 is 0 Å². The van der Waals surface area contributed by atoms with Gasteiger partial charge < -0.3 is 5.73 Å². The molecule has 0 amide bonds. The molecule has 0 saturated carbocycles. The van der Waals surface area contributed by atoms with Crippen LogP contribution in [0.4, 0.5) is 0 Å². The Bertz CT molecular complexity index is 450. The van der Waals surface area contributed by atoms with E-state index in [9.17, 15) is 0 Å². The SMILES string of the molecule is NC(Cc1sccc1Br)c1sccc1Br. The summed E-state index contributed by atoms with van der Waals surface area (Å²) in [5, 5.41) is 4.14. The molecule has 0 bridgehead atoms. The molecule has 0 aliphatic carbocycles. The van der Waals surface area contributed by atoms with Crippen molar-refractivity contribution in [1.82, 2.24) is 0 Å². The minimum absolute atomic E-state index is 0.0781. The average molecular weight is 367 g/mol. The van der Waals surface area contributed by atoms with Crippen molar-refractivity contribution in [2.75, 3.05) is 0 Å². The second kappa shape index (κ2) is 5.10. The van der Waals surface area contributed by atoms with E-state index >= 15 is 0 Å². The monoisotopic (exact) mass is 365 g/mol. The molecule has 2 aromatic heterocycles. The lowest BCUT2D eigenvalue weighted by Crippen LogP contribution is -2.11. The molecule has 0 aliphatic rings. The summed E-state index contributed by atoms with van der Waals surface area (Å²) in [5.74, 6) is 0. The van der Waals surface area contributed by atoms with Crippen LogP contribution >= 0.6 is 54.5 Å². The normalized spacial score (nSPS) is 13.0. The Labute approximate surface area is 114 Å². The predicted molar refractivity (Wildman–Crippen MR) is 74.7 cm³/mol. The summed E-state index contributed by atoms with van der Waals surface area (Å²) in [6, 6.07) is 4.19. The van der Waals surface area contributed by atoms with Crippen LogP contribution < -0.4 is 5.73 Å². The number of hydrogen-bond acceptors (Lipinski definition) is 3. The molecule has 0 saturated heterocycles. The van der Waals surface area contributed by atoms with E-state index in [4.69, 9.17) is 5.73 Å². The molecule has 2 heterocycles. The van der Waals surface area contributed by atoms with Gasteiger partial charge in [-0.1, -0.05) is 0 Å². The summed E-state index contributed by atoms with van der Waals surface area (Å²) in [4.78, 5) is 2.53. The fourth-order valence-electron chi connectivity index (χ4n) is 1.33. The molecule has 2 aromatic rings. The zero-order valence-corrected chi connectivity index (χ0v) is 12.5. The Morgan fingerprint density at radius 3 is 2.33 bits per heavy atom. The van der Waals surface area contributed by atoms with Gasteiger partial charge in [0.15, 0.2) is 0 Å². The van der Waals surface area contributed by atoms with E-state index in [2.05, 4.69) is 48.7 Å². The van der Waals surface area contributed by atoms with Gasteiger partial charge in [-0.3, -0.25) is 0 Å². The van der Waals surface area contributed by atoms with Crippen molar-refractivity contribution in [3.63, 3.8) is 0 Å². The minimum atomic E-state index is 0.0781. The summed E-state index contributed by atoms with van der Waals surface area (Å²) in [5.41, 5.74) is 6.17. The number of halogens is 2. The summed E-state index contributed by atoms with van der Waals surface area (Å²) < 4.78 is 2.28. The number of nitrogens with two attached hydrogens (primary N) is 1. The fraction of sp³-hybridized carbons (Fsp3) is 0.200. The van der Waals surface area contributed by atoms with E-state index in [0.717, 1.165) is 15.4 Å². The zero-order valence-electron chi connectivity index (χ0n) is 7.74. The lowest BCUT2D eigenvalue weighted by Gasteiger charge is -2.09. The highest BCUT2D eigenvalue weighted by atomic mass is 79.9. The van der Waals surface area contributed by atoms with Gasteiger partial charge >= 0.3 is 0 Å². The van der Waals surface area contributed by atoms with Crippen LogP contribution in [0.2, 0.25) is 0 Å². The van der Waals surface area contributed by atoms with E-state index < -0.39 is 0 Å². The fourth-order valence-corrected chi connectivity index (χ4v) is 4.58. The van der Waals surface area contributed by atoms with Crippen molar-refractivity contribution in [1.29, 1.82) is 0 Å². The van der Waals surface area contributed by atoms with Crippen LogP contribution in [-0.4, -0.2) is 0 Å². The second-order valence-corrected chi connectivity index (χ2v) is 6.79. The Morgan fingerprint density at radius 2 is 1.80 bits per heavy atom. The maximum Gasteiger partial charge on any atom is 0.0450 e. The van der Waals surface area contributed by atoms with E-state index in [1.807, 2.05) is 6.07 Å². The molecule has 2 N–H and O–H groups in total. The molecule has 0 aliphatic heterocycles. The van der Waals surface area contributed by atoms with Crippen LogP contribution in [0.3, 0.4) is 0 Å². The van der Waals surface area contributed by atoms with Crippen LogP contribution in [0.5, 0.6) is 0 Å².